The third kappa shape index (κ3) is 7.34. The second kappa shape index (κ2) is 15.9. The number of hydrogen-bond donors (Lipinski definition) is 2. The summed E-state index contributed by atoms with van der Waals surface area (Å²) in [5.41, 5.74) is 4.04. The molecule has 2 N–H and O–H groups in total. The van der Waals surface area contributed by atoms with Gasteiger partial charge in [0, 0.05) is 41.7 Å². The lowest BCUT2D eigenvalue weighted by Gasteiger charge is -2.32. The van der Waals surface area contributed by atoms with Gasteiger partial charge in [0.25, 0.3) is 11.5 Å². The number of carbonyl (C=O) groups excluding carboxylic acids is 1. The minimum absolute atomic E-state index is 0.105. The van der Waals surface area contributed by atoms with Gasteiger partial charge in [-0.25, -0.2) is 0 Å². The molecule has 2 aliphatic heterocycles. The average Bonchev–Trinajstić information content (AvgIpc) is 3.83. The molecular weight excluding hydrogens is 721 g/mol. The maximum Gasteiger partial charge on any atom is 0.279 e. The molecular formula is C44H52N6O5Si. The van der Waals surface area contributed by atoms with E-state index in [1.54, 1.807) is 21.8 Å². The number of rotatable bonds is 13. The number of aromatic nitrogens is 5. The Morgan fingerprint density at radius 1 is 1.02 bits per heavy atom. The first kappa shape index (κ1) is 39.2. The molecule has 4 heterocycles. The van der Waals surface area contributed by atoms with Crippen LogP contribution in [0.25, 0.3) is 16.5 Å². The predicted octanol–water partition coefficient (Wildman–Crippen LogP) is 7.03. The van der Waals surface area contributed by atoms with Gasteiger partial charge < -0.3 is 19.5 Å². The van der Waals surface area contributed by atoms with Gasteiger partial charge in [0.2, 0.25) is 0 Å². The summed E-state index contributed by atoms with van der Waals surface area (Å²) < 4.78 is 10.3. The molecule has 12 heteroatoms. The molecule has 0 saturated carbocycles. The molecule has 1 spiro atoms. The summed E-state index contributed by atoms with van der Waals surface area (Å²) in [6.45, 7) is 12.8. The zero-order chi connectivity index (χ0) is 39.8. The van der Waals surface area contributed by atoms with E-state index in [1.165, 1.54) is 15.8 Å². The molecule has 5 atom stereocenters. The number of anilines is 1. The van der Waals surface area contributed by atoms with Crippen molar-refractivity contribution >= 4 is 30.7 Å². The van der Waals surface area contributed by atoms with E-state index in [0.29, 0.717) is 41.8 Å². The molecule has 1 unspecified atom stereocenters. The number of fused-ring (bicyclic) bond motifs is 3. The van der Waals surface area contributed by atoms with Crippen LogP contribution in [0.5, 0.6) is 0 Å². The zero-order valence-corrected chi connectivity index (χ0v) is 34.1. The number of allylic oxidation sites excluding steroid dienone is 3. The Labute approximate surface area is 329 Å². The largest absolute Gasteiger partial charge is 0.432 e. The minimum atomic E-state index is -2.95. The van der Waals surface area contributed by atoms with Crippen molar-refractivity contribution in [3.63, 3.8) is 0 Å². The molecule has 7 rings (SSSR count). The quantitative estimate of drug-likeness (QED) is 0.0963. The highest BCUT2D eigenvalue weighted by atomic mass is 28.4. The summed E-state index contributed by atoms with van der Waals surface area (Å²) in [5.74, 6) is -0.876. The first-order valence-corrected chi connectivity index (χ1v) is 22.5. The third-order valence-electron chi connectivity index (χ3n) is 11.6. The Kier molecular flexibility index (Phi) is 11.1. The average molecular weight is 773 g/mol. The topological polar surface area (TPSA) is 136 Å². The van der Waals surface area contributed by atoms with Crippen LogP contribution in [-0.4, -0.2) is 68.2 Å². The minimum Gasteiger partial charge on any atom is -0.432 e. The molecule has 2 aliphatic rings. The Hall–Kier alpha value is -5.01. The summed E-state index contributed by atoms with van der Waals surface area (Å²) in [6.07, 6.45) is 9.67. The van der Waals surface area contributed by atoms with Gasteiger partial charge in [-0.2, -0.15) is 9.78 Å². The molecule has 5 aromatic rings. The van der Waals surface area contributed by atoms with Crippen LogP contribution >= 0.6 is 0 Å². The number of hydrogen-bond acceptors (Lipinski definition) is 8. The van der Waals surface area contributed by atoms with Crippen molar-refractivity contribution in [3.05, 3.63) is 136 Å². The lowest BCUT2D eigenvalue weighted by atomic mass is 9.82. The highest BCUT2D eigenvalue weighted by Gasteiger charge is 2.66. The van der Waals surface area contributed by atoms with Gasteiger partial charge in [0.1, 0.15) is 0 Å². The zero-order valence-electron chi connectivity index (χ0n) is 33.1. The van der Waals surface area contributed by atoms with Gasteiger partial charge in [-0.05, 0) is 83.0 Å². The van der Waals surface area contributed by atoms with Crippen LogP contribution in [0.3, 0.4) is 0 Å². The second-order valence-corrected chi connectivity index (χ2v) is 20.1. The summed E-state index contributed by atoms with van der Waals surface area (Å²) >= 11 is 0. The summed E-state index contributed by atoms with van der Waals surface area (Å²) in [6, 6.07) is 22.7. The number of benzene rings is 3. The van der Waals surface area contributed by atoms with E-state index in [2.05, 4.69) is 48.3 Å². The predicted molar refractivity (Wildman–Crippen MR) is 221 cm³/mol. The van der Waals surface area contributed by atoms with Crippen molar-refractivity contribution in [3.8, 4) is 5.69 Å². The van der Waals surface area contributed by atoms with Crippen molar-refractivity contribution in [2.45, 2.75) is 89.8 Å². The maximum absolute atomic E-state index is 15.1. The first-order valence-electron chi connectivity index (χ1n) is 19.5. The van der Waals surface area contributed by atoms with E-state index in [-0.39, 0.29) is 29.5 Å². The fourth-order valence-corrected chi connectivity index (χ4v) is 11.4. The number of aryl methyl sites for hydroxylation is 1. The lowest BCUT2D eigenvalue weighted by Crippen LogP contribution is -2.46. The maximum atomic E-state index is 15.1. The van der Waals surface area contributed by atoms with Crippen LogP contribution in [0.4, 0.5) is 5.69 Å². The van der Waals surface area contributed by atoms with E-state index in [4.69, 9.17) is 4.74 Å². The van der Waals surface area contributed by atoms with E-state index in [1.807, 2.05) is 92.9 Å². The van der Waals surface area contributed by atoms with Gasteiger partial charge in [0.15, 0.2) is 13.9 Å². The van der Waals surface area contributed by atoms with E-state index >= 15 is 4.79 Å². The van der Waals surface area contributed by atoms with Crippen LogP contribution in [0.15, 0.2) is 113 Å². The number of aliphatic hydroxyl groups is 1. The van der Waals surface area contributed by atoms with Crippen LogP contribution in [0, 0.1) is 5.92 Å². The smallest absolute Gasteiger partial charge is 0.279 e. The monoisotopic (exact) mass is 772 g/mol. The Morgan fingerprint density at radius 3 is 2.50 bits per heavy atom. The van der Waals surface area contributed by atoms with E-state index in [0.717, 1.165) is 29.5 Å². The van der Waals surface area contributed by atoms with Gasteiger partial charge >= 0.3 is 0 Å². The number of amides is 1. The Balaban J connectivity index is 1.25. The molecule has 0 aliphatic carbocycles. The van der Waals surface area contributed by atoms with Crippen LogP contribution < -0.4 is 10.5 Å². The highest BCUT2D eigenvalue weighted by Crippen LogP contribution is 2.60. The van der Waals surface area contributed by atoms with Gasteiger partial charge in [-0.15, -0.1) is 5.10 Å². The first-order chi connectivity index (χ1) is 26.8. The molecule has 1 amide bonds. The van der Waals surface area contributed by atoms with Crippen molar-refractivity contribution in [1.82, 2.24) is 24.8 Å². The Morgan fingerprint density at radius 2 is 1.77 bits per heavy atom. The number of nitrogens with zero attached hydrogens (tertiary/aromatic N) is 6. The highest BCUT2D eigenvalue weighted by molar-refractivity contribution is 6.71. The molecule has 2 aromatic heterocycles. The molecule has 11 nitrogen and oxygen atoms in total. The Bertz CT molecular complexity index is 2340. The summed E-state index contributed by atoms with van der Waals surface area (Å²) in [5, 5.41) is 24.9. The number of ether oxygens (including phenoxy) is 1. The SMILES string of the molecule is CC(C)=CCC/C(C)=C/CN1C(=O)[C@@]2(O[C@@H](CCn3cc(C(CO)c4ccccc4)nn3)[C@H]([Si](C)(C)O)[C@H]2C)c2cc(-n3ncc4ccccc4c3=O)ccc21. The molecule has 1 fully saturated rings. The second-order valence-electron chi connectivity index (χ2n) is 16.1. The van der Waals surface area contributed by atoms with Gasteiger partial charge in [0.05, 0.1) is 47.3 Å². The van der Waals surface area contributed by atoms with Crippen molar-refractivity contribution in [2.24, 2.45) is 5.92 Å². The summed E-state index contributed by atoms with van der Waals surface area (Å²) in [4.78, 5) is 42.6. The van der Waals surface area contributed by atoms with E-state index in [9.17, 15) is 14.7 Å². The molecule has 1 saturated heterocycles. The van der Waals surface area contributed by atoms with E-state index < -0.39 is 25.9 Å². The molecule has 0 bridgehead atoms. The van der Waals surface area contributed by atoms with Gasteiger partial charge in [-0.3, -0.25) is 14.3 Å². The van der Waals surface area contributed by atoms with Crippen LogP contribution in [-0.2, 0) is 21.7 Å². The molecule has 0 radical (unpaired) electrons. The molecule has 3 aromatic carbocycles. The van der Waals surface area contributed by atoms with Crippen molar-refractivity contribution in [2.75, 3.05) is 18.1 Å². The van der Waals surface area contributed by atoms with Crippen LogP contribution in [0.2, 0.25) is 18.6 Å². The fraction of sp³-hybridized carbons (Fsp3) is 0.386. The van der Waals surface area contributed by atoms with Gasteiger partial charge in [-0.1, -0.05) is 84.0 Å². The standard InChI is InChI=1S/C44H52N6O5Si/c1-29(2)13-12-14-30(3)21-24-49-39-20-19-34(50-42(52)35-18-11-10-17-33(35)26-45-50)25-37(39)44(43(49)53)31(4)41(56(5,6)54)40(55-44)22-23-48-27-38(46-47-48)36(28-51)32-15-8-7-9-16-32/h7-11,13,15-21,25-27,31,36,40-41,51,54H,12,14,22-24,28H2,1-6H3/b30-21+/t31-,36?,40+,41-,44+/m1/s1. The van der Waals surface area contributed by atoms with Crippen molar-refractivity contribution < 1.29 is 19.4 Å². The number of aliphatic hydroxyl groups excluding tert-OH is 1. The normalized spacial score (nSPS) is 21.6. The third-order valence-corrected chi connectivity index (χ3v) is 14.1. The fourth-order valence-electron chi connectivity index (χ4n) is 8.76. The van der Waals surface area contributed by atoms with Crippen molar-refractivity contribution in [1.29, 1.82) is 0 Å². The van der Waals surface area contributed by atoms with Crippen LogP contribution in [0.1, 0.15) is 69.7 Å². The number of carbonyl (C=O) groups is 1. The molecule has 292 valence electrons. The summed E-state index contributed by atoms with van der Waals surface area (Å²) in [7, 11) is -2.95. The molecule has 56 heavy (non-hydrogen) atoms. The lowest BCUT2D eigenvalue weighted by molar-refractivity contribution is -0.145.